The Balaban J connectivity index is 1.81. The molecule has 1 atom stereocenters. The van der Waals surface area contributed by atoms with Crippen LogP contribution in [0.25, 0.3) is 0 Å². The van der Waals surface area contributed by atoms with E-state index >= 15 is 0 Å². The minimum absolute atomic E-state index is 0.202. The minimum Gasteiger partial charge on any atom is -0.316 e. The highest BCUT2D eigenvalue weighted by atomic mass is 35.5. The third kappa shape index (κ3) is 5.57. The number of benzene rings is 1. The second kappa shape index (κ2) is 8.11. The number of halogens is 2. The molecular weight excluding hydrogens is 287 g/mol. The summed E-state index contributed by atoms with van der Waals surface area (Å²) < 4.78 is 13.5. The molecule has 118 valence electrons. The number of hydrogen-bond acceptors (Lipinski definition) is 2. The van der Waals surface area contributed by atoms with Gasteiger partial charge in [-0.2, -0.15) is 0 Å². The summed E-state index contributed by atoms with van der Waals surface area (Å²) in [6.07, 6.45) is 2.51. The summed E-state index contributed by atoms with van der Waals surface area (Å²) in [6.45, 7) is 9.64. The molecule has 1 aromatic carbocycles. The molecule has 2 nitrogen and oxygen atoms in total. The SMILES string of the molecule is CC(C)CNCC1CCCN(Cc2ccc(Cl)c(F)c2)C1. The summed E-state index contributed by atoms with van der Waals surface area (Å²) in [4.78, 5) is 2.42. The van der Waals surface area contributed by atoms with E-state index < -0.39 is 0 Å². The lowest BCUT2D eigenvalue weighted by molar-refractivity contribution is 0.164. The third-order valence-electron chi connectivity index (χ3n) is 3.98. The van der Waals surface area contributed by atoms with Gasteiger partial charge in [0.15, 0.2) is 0 Å². The summed E-state index contributed by atoms with van der Waals surface area (Å²) in [6, 6.07) is 5.13. The maximum atomic E-state index is 13.5. The van der Waals surface area contributed by atoms with Crippen molar-refractivity contribution in [3.63, 3.8) is 0 Å². The van der Waals surface area contributed by atoms with Crippen LogP contribution < -0.4 is 5.32 Å². The van der Waals surface area contributed by atoms with Crippen molar-refractivity contribution in [3.8, 4) is 0 Å². The van der Waals surface area contributed by atoms with Gasteiger partial charge in [0.1, 0.15) is 5.82 Å². The Bertz CT molecular complexity index is 450. The van der Waals surface area contributed by atoms with Crippen LogP contribution in [0.4, 0.5) is 4.39 Å². The number of piperidine rings is 1. The molecular formula is C17H26ClFN2. The van der Waals surface area contributed by atoms with Crippen LogP contribution in [0.3, 0.4) is 0 Å². The third-order valence-corrected chi connectivity index (χ3v) is 4.29. The quantitative estimate of drug-likeness (QED) is 0.856. The van der Waals surface area contributed by atoms with E-state index in [1.54, 1.807) is 12.1 Å². The molecule has 0 radical (unpaired) electrons. The van der Waals surface area contributed by atoms with E-state index in [4.69, 9.17) is 11.6 Å². The Labute approximate surface area is 132 Å². The Morgan fingerprint density at radius 1 is 1.43 bits per heavy atom. The second-order valence-electron chi connectivity index (χ2n) is 6.54. The lowest BCUT2D eigenvalue weighted by Gasteiger charge is -2.33. The highest BCUT2D eigenvalue weighted by Crippen LogP contribution is 2.20. The normalized spacial score (nSPS) is 20.1. The average Bonchev–Trinajstić information content (AvgIpc) is 2.43. The smallest absolute Gasteiger partial charge is 0.142 e. The molecule has 1 aliphatic heterocycles. The van der Waals surface area contributed by atoms with Crippen LogP contribution in [0.5, 0.6) is 0 Å². The second-order valence-corrected chi connectivity index (χ2v) is 6.95. The zero-order valence-electron chi connectivity index (χ0n) is 13.0. The van der Waals surface area contributed by atoms with Gasteiger partial charge in [-0.3, -0.25) is 4.90 Å². The van der Waals surface area contributed by atoms with E-state index in [1.165, 1.54) is 12.8 Å². The summed E-state index contributed by atoms with van der Waals surface area (Å²) in [5.74, 6) is 1.08. The topological polar surface area (TPSA) is 15.3 Å². The number of nitrogens with zero attached hydrogens (tertiary/aromatic N) is 1. The van der Waals surface area contributed by atoms with Crippen LogP contribution in [0.2, 0.25) is 5.02 Å². The van der Waals surface area contributed by atoms with Gasteiger partial charge in [0.2, 0.25) is 0 Å². The van der Waals surface area contributed by atoms with Crippen molar-refractivity contribution in [1.82, 2.24) is 10.2 Å². The Morgan fingerprint density at radius 2 is 2.24 bits per heavy atom. The number of rotatable bonds is 6. The van der Waals surface area contributed by atoms with Gasteiger partial charge < -0.3 is 5.32 Å². The highest BCUT2D eigenvalue weighted by molar-refractivity contribution is 6.30. The molecule has 0 amide bonds. The molecule has 0 aliphatic carbocycles. The van der Waals surface area contributed by atoms with Crippen molar-refractivity contribution >= 4 is 11.6 Å². The van der Waals surface area contributed by atoms with E-state index in [1.807, 2.05) is 6.07 Å². The fourth-order valence-corrected chi connectivity index (χ4v) is 3.05. The first-order chi connectivity index (χ1) is 10.0. The maximum Gasteiger partial charge on any atom is 0.142 e. The Hall–Kier alpha value is -0.640. The van der Waals surface area contributed by atoms with Crippen LogP contribution >= 0.6 is 11.6 Å². The molecule has 1 saturated heterocycles. The molecule has 1 unspecified atom stereocenters. The molecule has 1 aliphatic rings. The fourth-order valence-electron chi connectivity index (χ4n) is 2.93. The molecule has 0 bridgehead atoms. The van der Waals surface area contributed by atoms with E-state index in [0.29, 0.717) is 11.8 Å². The van der Waals surface area contributed by atoms with Crippen molar-refractivity contribution < 1.29 is 4.39 Å². The van der Waals surface area contributed by atoms with Gasteiger partial charge in [0, 0.05) is 13.1 Å². The largest absolute Gasteiger partial charge is 0.316 e. The van der Waals surface area contributed by atoms with Crippen molar-refractivity contribution in [2.45, 2.75) is 33.2 Å². The van der Waals surface area contributed by atoms with E-state index in [9.17, 15) is 4.39 Å². The molecule has 0 aromatic heterocycles. The van der Waals surface area contributed by atoms with Crippen molar-refractivity contribution in [3.05, 3.63) is 34.6 Å². The van der Waals surface area contributed by atoms with Gasteiger partial charge in [-0.1, -0.05) is 31.5 Å². The first-order valence-electron chi connectivity index (χ1n) is 7.91. The lowest BCUT2D eigenvalue weighted by Crippen LogP contribution is -2.39. The number of nitrogens with one attached hydrogen (secondary N) is 1. The zero-order chi connectivity index (χ0) is 15.2. The van der Waals surface area contributed by atoms with Gasteiger partial charge in [0.05, 0.1) is 5.02 Å². The molecule has 2 rings (SSSR count). The average molecular weight is 313 g/mol. The molecule has 0 saturated carbocycles. The van der Waals surface area contributed by atoms with E-state index in [0.717, 1.165) is 38.3 Å². The van der Waals surface area contributed by atoms with Gasteiger partial charge in [-0.25, -0.2) is 4.39 Å². The molecule has 0 spiro atoms. The maximum absolute atomic E-state index is 13.5. The Morgan fingerprint density at radius 3 is 2.95 bits per heavy atom. The highest BCUT2D eigenvalue weighted by Gasteiger charge is 2.20. The van der Waals surface area contributed by atoms with Gasteiger partial charge in [-0.05, 0) is 62.0 Å². The first-order valence-corrected chi connectivity index (χ1v) is 8.29. The van der Waals surface area contributed by atoms with E-state index in [-0.39, 0.29) is 10.8 Å². The monoisotopic (exact) mass is 312 g/mol. The summed E-state index contributed by atoms with van der Waals surface area (Å²) in [5.41, 5.74) is 1.01. The number of hydrogen-bond donors (Lipinski definition) is 1. The summed E-state index contributed by atoms with van der Waals surface area (Å²) in [7, 11) is 0. The molecule has 1 aromatic rings. The fraction of sp³-hybridized carbons (Fsp3) is 0.647. The molecule has 1 heterocycles. The molecule has 4 heteroatoms. The van der Waals surface area contributed by atoms with Gasteiger partial charge in [-0.15, -0.1) is 0 Å². The van der Waals surface area contributed by atoms with Crippen LogP contribution in [0.15, 0.2) is 18.2 Å². The molecule has 1 N–H and O–H groups in total. The van der Waals surface area contributed by atoms with Gasteiger partial charge >= 0.3 is 0 Å². The van der Waals surface area contributed by atoms with Crippen molar-refractivity contribution in [2.24, 2.45) is 11.8 Å². The number of likely N-dealkylation sites (tertiary alicyclic amines) is 1. The van der Waals surface area contributed by atoms with Gasteiger partial charge in [0.25, 0.3) is 0 Å². The standard InChI is InChI=1S/C17H26ClFN2/c1-13(2)9-20-10-15-4-3-7-21(12-15)11-14-5-6-16(18)17(19)8-14/h5-6,8,13,15,20H,3-4,7,9-12H2,1-2H3. The summed E-state index contributed by atoms with van der Waals surface area (Å²) in [5, 5.41) is 3.75. The van der Waals surface area contributed by atoms with E-state index in [2.05, 4.69) is 24.1 Å². The van der Waals surface area contributed by atoms with Crippen LogP contribution in [-0.4, -0.2) is 31.1 Å². The van der Waals surface area contributed by atoms with Crippen molar-refractivity contribution in [2.75, 3.05) is 26.2 Å². The minimum atomic E-state index is -0.318. The summed E-state index contributed by atoms with van der Waals surface area (Å²) >= 11 is 5.73. The Kier molecular flexibility index (Phi) is 6.46. The van der Waals surface area contributed by atoms with Crippen molar-refractivity contribution in [1.29, 1.82) is 0 Å². The predicted molar refractivity (Wildman–Crippen MR) is 87.1 cm³/mol. The molecule has 1 fully saturated rings. The van der Waals surface area contributed by atoms with Crippen LogP contribution in [0, 0.1) is 17.7 Å². The predicted octanol–water partition coefficient (Wildman–Crippen LogP) is 3.94. The molecule has 21 heavy (non-hydrogen) atoms. The van der Waals surface area contributed by atoms with Crippen LogP contribution in [-0.2, 0) is 6.54 Å². The van der Waals surface area contributed by atoms with Crippen LogP contribution in [0.1, 0.15) is 32.3 Å². The first kappa shape index (κ1) is 16.7. The lowest BCUT2D eigenvalue weighted by atomic mass is 9.97. The zero-order valence-corrected chi connectivity index (χ0v) is 13.8.